The lowest BCUT2D eigenvalue weighted by Crippen LogP contribution is -2.32. The van der Waals surface area contributed by atoms with Crippen LogP contribution in [0.3, 0.4) is 0 Å². The molecule has 0 atom stereocenters. The number of carbonyl (C=O) groups is 1. The third-order valence-electron chi connectivity index (χ3n) is 4.09. The zero-order chi connectivity index (χ0) is 19.8. The Balaban J connectivity index is 1.93. The Labute approximate surface area is 173 Å². The molecule has 0 aromatic carbocycles. The number of allylic oxidation sites excluding steroid dienone is 2. The minimum absolute atomic E-state index is 0.114. The summed E-state index contributed by atoms with van der Waals surface area (Å²) in [7, 11) is 4.01. The van der Waals surface area contributed by atoms with Crippen molar-refractivity contribution in [2.45, 2.75) is 20.3 Å². The maximum absolute atomic E-state index is 12.4. The Bertz CT molecular complexity index is 749. The first-order valence-electron chi connectivity index (χ1n) is 8.67. The highest BCUT2D eigenvalue weighted by Gasteiger charge is 2.18. The molecule has 1 N–H and O–H groups in total. The Morgan fingerprint density at radius 3 is 2.78 bits per heavy atom. The van der Waals surface area contributed by atoms with E-state index >= 15 is 0 Å². The van der Waals surface area contributed by atoms with Crippen LogP contribution in [0.5, 0.6) is 0 Å². The summed E-state index contributed by atoms with van der Waals surface area (Å²) in [6.45, 7) is 5.52. The van der Waals surface area contributed by atoms with Gasteiger partial charge in [0.1, 0.15) is 5.82 Å². The Morgan fingerprint density at radius 1 is 1.37 bits per heavy atom. The minimum Gasteiger partial charge on any atom is -0.375 e. The van der Waals surface area contributed by atoms with E-state index in [1.165, 1.54) is 11.8 Å². The van der Waals surface area contributed by atoms with Crippen molar-refractivity contribution < 1.29 is 4.79 Å². The molecule has 1 amide bonds. The van der Waals surface area contributed by atoms with E-state index in [1.54, 1.807) is 24.8 Å². The van der Waals surface area contributed by atoms with Crippen molar-refractivity contribution in [3.63, 3.8) is 0 Å². The van der Waals surface area contributed by atoms with E-state index in [2.05, 4.69) is 52.9 Å². The van der Waals surface area contributed by atoms with Gasteiger partial charge < -0.3 is 15.1 Å². The van der Waals surface area contributed by atoms with Gasteiger partial charge in [0, 0.05) is 57.2 Å². The molecule has 146 valence electrons. The van der Waals surface area contributed by atoms with Crippen LogP contribution in [0.1, 0.15) is 20.3 Å². The molecule has 27 heavy (non-hydrogen) atoms. The van der Waals surface area contributed by atoms with E-state index in [0.717, 1.165) is 41.3 Å². The number of amides is 1. The molecule has 2 rings (SSSR count). The summed E-state index contributed by atoms with van der Waals surface area (Å²) in [5.41, 5.74) is 1.79. The van der Waals surface area contributed by atoms with Gasteiger partial charge in [-0.1, -0.05) is 6.92 Å². The lowest BCUT2D eigenvalue weighted by molar-refractivity contribution is -0.116. The number of nitrogens with one attached hydrogen (secondary N) is 1. The van der Waals surface area contributed by atoms with E-state index < -0.39 is 0 Å². The maximum atomic E-state index is 12.4. The van der Waals surface area contributed by atoms with E-state index in [0.29, 0.717) is 10.7 Å². The molecule has 0 saturated heterocycles. The van der Waals surface area contributed by atoms with Gasteiger partial charge in [-0.05, 0) is 29.3 Å². The van der Waals surface area contributed by atoms with Crippen LogP contribution in [0.4, 0.5) is 5.82 Å². The topological polar surface area (TPSA) is 73.7 Å². The summed E-state index contributed by atoms with van der Waals surface area (Å²) in [5, 5.41) is 2.91. The number of thioether (sulfide) groups is 1. The van der Waals surface area contributed by atoms with E-state index in [1.807, 2.05) is 21.0 Å². The van der Waals surface area contributed by atoms with Crippen LogP contribution in [0.2, 0.25) is 0 Å². The van der Waals surface area contributed by atoms with Crippen LogP contribution in [0.25, 0.3) is 0 Å². The number of rotatable bonds is 8. The van der Waals surface area contributed by atoms with Crippen molar-refractivity contribution in [2.75, 3.05) is 37.8 Å². The number of aliphatic imine (C=N–C) groups is 1. The maximum Gasteiger partial charge on any atom is 0.263 e. The number of nitrogens with zero attached hydrogens (tertiary/aromatic N) is 5. The van der Waals surface area contributed by atoms with Gasteiger partial charge in [0.25, 0.3) is 5.91 Å². The van der Waals surface area contributed by atoms with Crippen molar-refractivity contribution in [2.24, 2.45) is 4.99 Å². The van der Waals surface area contributed by atoms with Gasteiger partial charge >= 0.3 is 0 Å². The Hall–Kier alpha value is -1.87. The second kappa shape index (κ2) is 10.5. The highest BCUT2D eigenvalue weighted by Crippen LogP contribution is 2.27. The number of halogens is 1. The summed E-state index contributed by atoms with van der Waals surface area (Å²) in [6.07, 6.45) is 7.70. The fourth-order valence-electron chi connectivity index (χ4n) is 2.47. The summed E-state index contributed by atoms with van der Waals surface area (Å²) >= 11 is 4.87. The molecule has 1 aliphatic heterocycles. The van der Waals surface area contributed by atoms with Crippen molar-refractivity contribution in [1.82, 2.24) is 20.2 Å². The summed E-state index contributed by atoms with van der Waals surface area (Å²) < 4.78 is 0.860. The van der Waals surface area contributed by atoms with Gasteiger partial charge in [-0.25, -0.2) is 9.98 Å². The molecule has 0 aliphatic carbocycles. The molecule has 0 unspecified atom stereocenters. The van der Waals surface area contributed by atoms with Gasteiger partial charge in [-0.3, -0.25) is 9.78 Å². The summed E-state index contributed by atoms with van der Waals surface area (Å²) in [6, 6.07) is 0. The fraction of sp³-hybridized carbons (Fsp3) is 0.444. The predicted octanol–water partition coefficient (Wildman–Crippen LogP) is 2.98. The number of aromatic nitrogens is 2. The van der Waals surface area contributed by atoms with E-state index in [9.17, 15) is 4.79 Å². The smallest absolute Gasteiger partial charge is 0.263 e. The van der Waals surface area contributed by atoms with Gasteiger partial charge in [-0.15, -0.1) is 11.8 Å². The number of hydrogen-bond donors (Lipinski definition) is 1. The highest BCUT2D eigenvalue weighted by molar-refractivity contribution is 9.18. The zero-order valence-electron chi connectivity index (χ0n) is 16.1. The number of hydrogen-bond acceptors (Lipinski definition) is 7. The van der Waals surface area contributed by atoms with Gasteiger partial charge in [0.05, 0.1) is 21.4 Å². The monoisotopic (exact) mass is 452 g/mol. The van der Waals surface area contributed by atoms with Crippen LogP contribution < -0.4 is 10.2 Å². The molecule has 0 radical (unpaired) electrons. The SMILES string of the molecule is CC/C(=C/NC(=O)C1=C(C)N=C(Br)CS1)N(C)CCN(C)c1cnccn1. The van der Waals surface area contributed by atoms with Crippen molar-refractivity contribution in [1.29, 1.82) is 0 Å². The molecule has 0 saturated carbocycles. The molecule has 9 heteroatoms. The molecule has 1 aliphatic rings. The normalized spacial score (nSPS) is 14.7. The average Bonchev–Trinajstić information content (AvgIpc) is 2.67. The summed E-state index contributed by atoms with van der Waals surface area (Å²) in [5.74, 6) is 1.40. The Kier molecular flexibility index (Phi) is 8.30. The zero-order valence-corrected chi connectivity index (χ0v) is 18.5. The average molecular weight is 453 g/mol. The Morgan fingerprint density at radius 2 is 2.15 bits per heavy atom. The third kappa shape index (κ3) is 6.35. The molecule has 7 nitrogen and oxygen atoms in total. The predicted molar refractivity (Wildman–Crippen MR) is 116 cm³/mol. The summed E-state index contributed by atoms with van der Waals surface area (Å²) in [4.78, 5) is 30.0. The van der Waals surface area contributed by atoms with Crippen LogP contribution in [0.15, 0.2) is 46.1 Å². The second-order valence-electron chi connectivity index (χ2n) is 6.06. The van der Waals surface area contributed by atoms with Crippen LogP contribution in [0, 0.1) is 0 Å². The second-order valence-corrected chi connectivity index (χ2v) is 7.96. The van der Waals surface area contributed by atoms with Crippen molar-refractivity contribution in [3.05, 3.63) is 41.1 Å². The van der Waals surface area contributed by atoms with E-state index in [-0.39, 0.29) is 5.91 Å². The molecular weight excluding hydrogens is 428 g/mol. The lowest BCUT2D eigenvalue weighted by Gasteiger charge is -2.26. The largest absolute Gasteiger partial charge is 0.375 e. The molecule has 1 aromatic heterocycles. The van der Waals surface area contributed by atoms with E-state index in [4.69, 9.17) is 0 Å². The molecule has 2 heterocycles. The first-order valence-corrected chi connectivity index (χ1v) is 10.4. The lowest BCUT2D eigenvalue weighted by atomic mass is 10.3. The molecule has 0 spiro atoms. The fourth-order valence-corrected chi connectivity index (χ4v) is 3.86. The van der Waals surface area contributed by atoms with Gasteiger partial charge in [0.15, 0.2) is 0 Å². The molecule has 0 bridgehead atoms. The number of likely N-dealkylation sites (N-methyl/N-ethyl adjacent to an activating group) is 2. The van der Waals surface area contributed by atoms with Crippen LogP contribution in [-0.2, 0) is 4.79 Å². The van der Waals surface area contributed by atoms with Crippen molar-refractivity contribution >= 4 is 44.0 Å². The first kappa shape index (κ1) is 21.4. The van der Waals surface area contributed by atoms with Gasteiger partial charge in [0.2, 0.25) is 0 Å². The minimum atomic E-state index is -0.114. The molecular formula is C18H25BrN6OS. The van der Waals surface area contributed by atoms with Crippen molar-refractivity contribution in [3.8, 4) is 0 Å². The first-order chi connectivity index (χ1) is 12.9. The molecule has 1 aromatic rings. The third-order valence-corrected chi connectivity index (χ3v) is 6.11. The van der Waals surface area contributed by atoms with Crippen LogP contribution >= 0.6 is 27.7 Å². The van der Waals surface area contributed by atoms with Gasteiger partial charge in [-0.2, -0.15) is 0 Å². The number of carbonyl (C=O) groups excluding carboxylic acids is 1. The van der Waals surface area contributed by atoms with Crippen LogP contribution in [-0.4, -0.2) is 58.3 Å². The molecule has 0 fully saturated rings. The standard InChI is InChI=1S/C18H25BrN6OS/c1-5-14(10-22-18(26)17-13(2)23-15(19)12-27-17)24(3)8-9-25(4)16-11-20-6-7-21-16/h6-7,10-11H,5,8-9,12H2,1-4H3,(H,22,26)/b14-10-. The quantitative estimate of drug-likeness (QED) is 0.653. The number of anilines is 1. The highest BCUT2D eigenvalue weighted by atomic mass is 79.9.